The minimum atomic E-state index is -4.38. The van der Waals surface area contributed by atoms with Gasteiger partial charge in [0.1, 0.15) is 0 Å². The number of benzene rings is 2. The Bertz CT molecular complexity index is 659. The summed E-state index contributed by atoms with van der Waals surface area (Å²) in [6, 6.07) is 12.2. The van der Waals surface area contributed by atoms with Crippen LogP contribution in [0, 0.1) is 13.8 Å². The highest BCUT2D eigenvalue weighted by Crippen LogP contribution is 2.57. The van der Waals surface area contributed by atoms with E-state index in [-0.39, 0.29) is 10.6 Å². The second-order valence-corrected chi connectivity index (χ2v) is 8.56. The minimum Gasteiger partial charge on any atom is -0.321 e. The monoisotopic (exact) mass is 326 g/mol. The average molecular weight is 326 g/mol. The maximum Gasteiger partial charge on any atom is 0.366 e. The lowest BCUT2D eigenvalue weighted by atomic mass is 10.2. The van der Waals surface area contributed by atoms with Gasteiger partial charge in [-0.3, -0.25) is 9.13 Å². The number of aryl methyl sites for hydroxylation is 2. The molecule has 2 unspecified atom stereocenters. The fraction of sp³-hybridized carbons (Fsp3) is 0.143. The van der Waals surface area contributed by atoms with Gasteiger partial charge in [-0.25, -0.2) is 4.31 Å². The maximum atomic E-state index is 12.2. The largest absolute Gasteiger partial charge is 0.366 e. The highest BCUT2D eigenvalue weighted by molar-refractivity contribution is 7.74. The summed E-state index contributed by atoms with van der Waals surface area (Å²) in [5.74, 6) is 0. The lowest BCUT2D eigenvalue weighted by Crippen LogP contribution is -2.11. The molecular weight excluding hydrogens is 310 g/mol. The molecule has 7 heteroatoms. The van der Waals surface area contributed by atoms with Gasteiger partial charge in [-0.2, -0.15) is 0 Å². The van der Waals surface area contributed by atoms with Crippen molar-refractivity contribution >= 4 is 25.8 Å². The molecular formula is C14H16O5P2. The molecule has 112 valence electrons. The molecule has 0 aliphatic carbocycles. The van der Waals surface area contributed by atoms with Gasteiger partial charge >= 0.3 is 15.2 Å². The fourth-order valence-corrected chi connectivity index (χ4v) is 4.72. The third-order valence-corrected chi connectivity index (χ3v) is 6.61. The molecule has 2 N–H and O–H groups in total. The van der Waals surface area contributed by atoms with Crippen molar-refractivity contribution in [2.45, 2.75) is 13.8 Å². The van der Waals surface area contributed by atoms with Gasteiger partial charge in [-0.05, 0) is 38.1 Å². The molecule has 0 aliphatic rings. The Morgan fingerprint density at radius 3 is 1.29 bits per heavy atom. The van der Waals surface area contributed by atoms with Crippen LogP contribution in [0.4, 0.5) is 0 Å². The Kier molecular flexibility index (Phi) is 4.52. The van der Waals surface area contributed by atoms with E-state index in [4.69, 9.17) is 4.31 Å². The topological polar surface area (TPSA) is 83.8 Å². The van der Waals surface area contributed by atoms with Crippen molar-refractivity contribution < 1.29 is 23.2 Å². The Hall–Kier alpha value is -1.22. The first kappa shape index (κ1) is 16.2. The summed E-state index contributed by atoms with van der Waals surface area (Å²) < 4.78 is 29.1. The van der Waals surface area contributed by atoms with Crippen LogP contribution in [0.2, 0.25) is 0 Å². The third kappa shape index (κ3) is 3.91. The molecule has 5 nitrogen and oxygen atoms in total. The summed E-state index contributed by atoms with van der Waals surface area (Å²) in [4.78, 5) is 19.9. The van der Waals surface area contributed by atoms with Crippen LogP contribution < -0.4 is 10.6 Å². The molecule has 2 aromatic carbocycles. The lowest BCUT2D eigenvalue weighted by molar-refractivity contribution is 0.349. The predicted octanol–water partition coefficient (Wildman–Crippen LogP) is 2.64. The van der Waals surface area contributed by atoms with Crippen molar-refractivity contribution in [2.24, 2.45) is 0 Å². The van der Waals surface area contributed by atoms with Gasteiger partial charge in [0.15, 0.2) is 0 Å². The van der Waals surface area contributed by atoms with E-state index in [1.54, 1.807) is 24.3 Å². The van der Waals surface area contributed by atoms with Gasteiger partial charge in [0.05, 0.1) is 10.6 Å². The summed E-state index contributed by atoms with van der Waals surface area (Å²) in [5, 5.41) is -0.0380. The van der Waals surface area contributed by atoms with Crippen molar-refractivity contribution in [3.63, 3.8) is 0 Å². The molecule has 0 fully saturated rings. The van der Waals surface area contributed by atoms with Gasteiger partial charge < -0.3 is 9.79 Å². The van der Waals surface area contributed by atoms with Crippen molar-refractivity contribution in [2.75, 3.05) is 0 Å². The number of hydrogen-bond acceptors (Lipinski definition) is 3. The van der Waals surface area contributed by atoms with Crippen molar-refractivity contribution in [1.82, 2.24) is 0 Å². The lowest BCUT2D eigenvalue weighted by Gasteiger charge is -2.17. The third-order valence-electron chi connectivity index (χ3n) is 2.94. The SMILES string of the molecule is Cc1ccc(P(=O)(O)OP(=O)(O)c2ccc(C)cc2)cc1. The van der Waals surface area contributed by atoms with Gasteiger partial charge in [0, 0.05) is 0 Å². The second kappa shape index (κ2) is 5.88. The molecule has 0 heterocycles. The molecule has 2 rings (SSSR count). The first-order valence-electron chi connectivity index (χ1n) is 6.22. The molecule has 2 atom stereocenters. The smallest absolute Gasteiger partial charge is 0.321 e. The van der Waals surface area contributed by atoms with E-state index in [2.05, 4.69) is 0 Å². The number of hydrogen-bond donors (Lipinski definition) is 2. The van der Waals surface area contributed by atoms with E-state index in [0.29, 0.717) is 0 Å². The van der Waals surface area contributed by atoms with Crippen LogP contribution in [0.3, 0.4) is 0 Å². The van der Waals surface area contributed by atoms with Gasteiger partial charge in [-0.15, -0.1) is 0 Å². The Morgan fingerprint density at radius 2 is 1.00 bits per heavy atom. The molecule has 0 saturated heterocycles. The maximum absolute atomic E-state index is 12.2. The normalized spacial score (nSPS) is 17.0. The zero-order valence-electron chi connectivity index (χ0n) is 11.6. The summed E-state index contributed by atoms with van der Waals surface area (Å²) in [7, 11) is -8.75. The highest BCUT2D eigenvalue weighted by atomic mass is 31.3. The zero-order valence-corrected chi connectivity index (χ0v) is 13.4. The molecule has 2 aromatic rings. The van der Waals surface area contributed by atoms with E-state index in [0.717, 1.165) is 11.1 Å². The summed E-state index contributed by atoms with van der Waals surface area (Å²) in [6.07, 6.45) is 0. The molecule has 0 spiro atoms. The van der Waals surface area contributed by atoms with Crippen LogP contribution in [0.1, 0.15) is 11.1 Å². The Morgan fingerprint density at radius 1 is 0.714 bits per heavy atom. The van der Waals surface area contributed by atoms with Gasteiger partial charge in [0.2, 0.25) is 0 Å². The van der Waals surface area contributed by atoms with Crippen LogP contribution >= 0.6 is 15.2 Å². The first-order valence-corrected chi connectivity index (χ1v) is 9.38. The van der Waals surface area contributed by atoms with Crippen LogP contribution in [0.15, 0.2) is 48.5 Å². The molecule has 0 bridgehead atoms. The summed E-state index contributed by atoms with van der Waals surface area (Å²) in [5.41, 5.74) is 1.81. The molecule has 0 radical (unpaired) electrons. The van der Waals surface area contributed by atoms with Crippen LogP contribution in [0.5, 0.6) is 0 Å². The molecule has 0 amide bonds. The van der Waals surface area contributed by atoms with Crippen molar-refractivity contribution in [3.8, 4) is 0 Å². The van der Waals surface area contributed by atoms with Gasteiger partial charge in [0.25, 0.3) is 0 Å². The van der Waals surface area contributed by atoms with E-state index in [1.165, 1.54) is 24.3 Å². The highest BCUT2D eigenvalue weighted by Gasteiger charge is 2.35. The van der Waals surface area contributed by atoms with Crippen LogP contribution in [0.25, 0.3) is 0 Å². The van der Waals surface area contributed by atoms with Crippen LogP contribution in [-0.4, -0.2) is 9.79 Å². The van der Waals surface area contributed by atoms with Crippen LogP contribution in [-0.2, 0) is 13.4 Å². The zero-order chi connectivity index (χ0) is 15.7. The molecule has 0 saturated carbocycles. The van der Waals surface area contributed by atoms with Crippen molar-refractivity contribution in [3.05, 3.63) is 59.7 Å². The van der Waals surface area contributed by atoms with Crippen molar-refractivity contribution in [1.29, 1.82) is 0 Å². The molecule has 0 aliphatic heterocycles. The average Bonchev–Trinajstić information content (AvgIpc) is 2.38. The molecule has 0 aromatic heterocycles. The second-order valence-electron chi connectivity index (χ2n) is 4.79. The standard InChI is InChI=1S/C14H16O5P2/c1-11-3-7-13(8-4-11)20(15,16)19-21(17,18)14-9-5-12(2)6-10-14/h3-10H,1-2H3,(H,15,16)(H,17,18). The predicted molar refractivity (Wildman–Crippen MR) is 82.4 cm³/mol. The minimum absolute atomic E-state index is 0.0190. The first-order chi connectivity index (χ1) is 9.71. The van der Waals surface area contributed by atoms with E-state index < -0.39 is 15.2 Å². The fourth-order valence-electron chi connectivity index (χ4n) is 1.71. The molecule has 21 heavy (non-hydrogen) atoms. The summed E-state index contributed by atoms with van der Waals surface area (Å²) in [6.45, 7) is 3.66. The summed E-state index contributed by atoms with van der Waals surface area (Å²) >= 11 is 0. The quantitative estimate of drug-likeness (QED) is 0.844. The Labute approximate surface area is 123 Å². The van der Waals surface area contributed by atoms with E-state index >= 15 is 0 Å². The number of rotatable bonds is 4. The Balaban J connectivity index is 2.30. The van der Waals surface area contributed by atoms with E-state index in [1.807, 2.05) is 13.8 Å². The van der Waals surface area contributed by atoms with Gasteiger partial charge in [-0.1, -0.05) is 35.4 Å². The van der Waals surface area contributed by atoms with E-state index in [9.17, 15) is 18.9 Å².